The molecule has 0 aliphatic heterocycles. The Labute approximate surface area is 93.9 Å². The molecule has 2 N–H and O–H groups in total. The molecule has 1 aliphatic rings. The highest BCUT2D eigenvalue weighted by molar-refractivity contribution is 7.17. The SMILES string of the molecule is CC1(C)C(N)C1c1csc2ccccc12. The number of thiophene rings is 1. The van der Waals surface area contributed by atoms with Gasteiger partial charge in [-0.1, -0.05) is 32.0 Å². The van der Waals surface area contributed by atoms with Crippen molar-refractivity contribution in [3.05, 3.63) is 35.2 Å². The standard InChI is InChI=1S/C13H15NS/c1-13(2)11(12(13)14)9-7-15-10-6-4-3-5-8(9)10/h3-7,11-12H,14H2,1-2H3. The summed E-state index contributed by atoms with van der Waals surface area (Å²) >= 11 is 1.83. The number of nitrogens with two attached hydrogens (primary N) is 1. The fourth-order valence-corrected chi connectivity index (χ4v) is 3.51. The highest BCUT2D eigenvalue weighted by atomic mass is 32.1. The Morgan fingerprint density at radius 3 is 2.60 bits per heavy atom. The Morgan fingerprint density at radius 2 is 1.93 bits per heavy atom. The normalized spacial score (nSPS) is 28.2. The summed E-state index contributed by atoms with van der Waals surface area (Å²) < 4.78 is 1.38. The molecule has 0 bridgehead atoms. The smallest absolute Gasteiger partial charge is 0.0345 e. The first-order chi connectivity index (χ1) is 7.12. The molecule has 15 heavy (non-hydrogen) atoms. The summed E-state index contributed by atoms with van der Waals surface area (Å²) in [5.41, 5.74) is 7.86. The number of hydrogen-bond donors (Lipinski definition) is 1. The summed E-state index contributed by atoms with van der Waals surface area (Å²) in [4.78, 5) is 0. The molecule has 1 aliphatic carbocycles. The van der Waals surface area contributed by atoms with Gasteiger partial charge >= 0.3 is 0 Å². The lowest BCUT2D eigenvalue weighted by Gasteiger charge is -2.00. The van der Waals surface area contributed by atoms with Gasteiger partial charge < -0.3 is 5.73 Å². The van der Waals surface area contributed by atoms with E-state index in [1.165, 1.54) is 15.6 Å². The van der Waals surface area contributed by atoms with Crippen LogP contribution in [0.5, 0.6) is 0 Å². The van der Waals surface area contributed by atoms with Crippen LogP contribution in [0.15, 0.2) is 29.6 Å². The van der Waals surface area contributed by atoms with Crippen molar-refractivity contribution >= 4 is 21.4 Å². The van der Waals surface area contributed by atoms with Crippen LogP contribution in [0.1, 0.15) is 25.3 Å². The van der Waals surface area contributed by atoms with Crippen LogP contribution in [-0.4, -0.2) is 6.04 Å². The number of hydrogen-bond acceptors (Lipinski definition) is 2. The second kappa shape index (κ2) is 2.83. The molecular formula is C13H15NS. The highest BCUT2D eigenvalue weighted by Crippen LogP contribution is 2.59. The quantitative estimate of drug-likeness (QED) is 0.779. The number of rotatable bonds is 1. The molecule has 1 nitrogen and oxygen atoms in total. The van der Waals surface area contributed by atoms with E-state index in [1.807, 2.05) is 11.3 Å². The Kier molecular flexibility index (Phi) is 1.77. The van der Waals surface area contributed by atoms with Gasteiger partial charge in [-0.3, -0.25) is 0 Å². The van der Waals surface area contributed by atoms with Gasteiger partial charge in [-0.2, -0.15) is 0 Å². The highest BCUT2D eigenvalue weighted by Gasteiger charge is 2.56. The van der Waals surface area contributed by atoms with Gasteiger partial charge in [-0.25, -0.2) is 0 Å². The summed E-state index contributed by atoms with van der Waals surface area (Å²) in [6.45, 7) is 4.52. The van der Waals surface area contributed by atoms with E-state index in [1.54, 1.807) is 0 Å². The fraction of sp³-hybridized carbons (Fsp3) is 0.385. The predicted octanol–water partition coefficient (Wildman–Crippen LogP) is 3.35. The predicted molar refractivity (Wildman–Crippen MR) is 66.3 cm³/mol. The van der Waals surface area contributed by atoms with E-state index in [0.717, 1.165) is 0 Å². The largest absolute Gasteiger partial charge is 0.327 e. The van der Waals surface area contributed by atoms with Crippen molar-refractivity contribution in [3.8, 4) is 0 Å². The lowest BCUT2D eigenvalue weighted by Crippen LogP contribution is -2.06. The molecule has 0 amide bonds. The minimum Gasteiger partial charge on any atom is -0.327 e. The van der Waals surface area contributed by atoms with Gasteiger partial charge in [0.15, 0.2) is 0 Å². The lowest BCUT2D eigenvalue weighted by molar-refractivity contribution is 0.600. The maximum atomic E-state index is 6.13. The molecule has 0 spiro atoms. The van der Waals surface area contributed by atoms with Gasteiger partial charge in [0.05, 0.1) is 0 Å². The van der Waals surface area contributed by atoms with E-state index in [4.69, 9.17) is 5.73 Å². The van der Waals surface area contributed by atoms with E-state index >= 15 is 0 Å². The Bertz CT molecular complexity index is 512. The molecule has 0 radical (unpaired) electrons. The fourth-order valence-electron chi connectivity index (χ4n) is 2.51. The van der Waals surface area contributed by atoms with Crippen LogP contribution >= 0.6 is 11.3 Å². The maximum absolute atomic E-state index is 6.13. The summed E-state index contributed by atoms with van der Waals surface area (Å²) in [6, 6.07) is 8.93. The van der Waals surface area contributed by atoms with Gasteiger partial charge in [0.2, 0.25) is 0 Å². The van der Waals surface area contributed by atoms with Crippen molar-refractivity contribution in [2.45, 2.75) is 25.8 Å². The Balaban J connectivity index is 2.14. The molecule has 2 unspecified atom stereocenters. The minimum absolute atomic E-state index is 0.282. The first-order valence-corrected chi connectivity index (χ1v) is 6.22. The van der Waals surface area contributed by atoms with Gasteiger partial charge in [0, 0.05) is 16.7 Å². The van der Waals surface area contributed by atoms with Crippen molar-refractivity contribution in [2.75, 3.05) is 0 Å². The van der Waals surface area contributed by atoms with Crippen LogP contribution in [0.3, 0.4) is 0 Å². The third kappa shape index (κ3) is 1.18. The van der Waals surface area contributed by atoms with Crippen LogP contribution in [0, 0.1) is 5.41 Å². The zero-order valence-corrected chi connectivity index (χ0v) is 9.84. The first-order valence-electron chi connectivity index (χ1n) is 5.34. The van der Waals surface area contributed by atoms with Gasteiger partial charge in [-0.05, 0) is 27.8 Å². The summed E-state index contributed by atoms with van der Waals surface area (Å²) in [7, 11) is 0. The second-order valence-corrected chi connectivity index (χ2v) is 5.92. The zero-order valence-electron chi connectivity index (χ0n) is 9.03. The molecule has 78 valence electrons. The minimum atomic E-state index is 0.282. The van der Waals surface area contributed by atoms with Crippen LogP contribution in [-0.2, 0) is 0 Å². The van der Waals surface area contributed by atoms with Crippen LogP contribution in [0.25, 0.3) is 10.1 Å². The summed E-state index contributed by atoms with van der Waals surface area (Å²) in [5, 5.41) is 3.68. The van der Waals surface area contributed by atoms with Crippen LogP contribution in [0.4, 0.5) is 0 Å². The summed E-state index contributed by atoms with van der Waals surface area (Å²) in [5.74, 6) is 0.550. The molecule has 1 aromatic heterocycles. The van der Waals surface area contributed by atoms with Crippen molar-refractivity contribution in [1.82, 2.24) is 0 Å². The van der Waals surface area contributed by atoms with Crippen molar-refractivity contribution in [2.24, 2.45) is 11.1 Å². The number of benzene rings is 1. The third-order valence-corrected chi connectivity index (χ3v) is 4.74. The van der Waals surface area contributed by atoms with Gasteiger partial charge in [0.1, 0.15) is 0 Å². The van der Waals surface area contributed by atoms with E-state index in [2.05, 4.69) is 43.5 Å². The van der Waals surface area contributed by atoms with E-state index < -0.39 is 0 Å². The van der Waals surface area contributed by atoms with Crippen LogP contribution < -0.4 is 5.73 Å². The lowest BCUT2D eigenvalue weighted by atomic mass is 10.0. The van der Waals surface area contributed by atoms with Gasteiger partial charge in [-0.15, -0.1) is 11.3 Å². The first kappa shape index (κ1) is 9.37. The topological polar surface area (TPSA) is 26.0 Å². The molecule has 1 fully saturated rings. The molecule has 1 aromatic carbocycles. The van der Waals surface area contributed by atoms with Crippen molar-refractivity contribution < 1.29 is 0 Å². The van der Waals surface area contributed by atoms with Crippen molar-refractivity contribution in [1.29, 1.82) is 0 Å². The molecule has 0 saturated heterocycles. The zero-order chi connectivity index (χ0) is 10.6. The average Bonchev–Trinajstić information content (AvgIpc) is 2.63. The Morgan fingerprint density at radius 1 is 1.27 bits per heavy atom. The maximum Gasteiger partial charge on any atom is 0.0345 e. The molecule has 1 heterocycles. The van der Waals surface area contributed by atoms with Crippen molar-refractivity contribution in [3.63, 3.8) is 0 Å². The Hall–Kier alpha value is -0.860. The summed E-state index contributed by atoms with van der Waals surface area (Å²) in [6.07, 6.45) is 0. The molecular weight excluding hydrogens is 202 g/mol. The molecule has 2 atom stereocenters. The third-order valence-electron chi connectivity index (χ3n) is 3.76. The molecule has 1 saturated carbocycles. The molecule has 3 rings (SSSR count). The van der Waals surface area contributed by atoms with E-state index in [0.29, 0.717) is 12.0 Å². The molecule has 2 heteroatoms. The van der Waals surface area contributed by atoms with E-state index in [-0.39, 0.29) is 5.41 Å². The van der Waals surface area contributed by atoms with Crippen LogP contribution in [0.2, 0.25) is 0 Å². The second-order valence-electron chi connectivity index (χ2n) is 5.01. The van der Waals surface area contributed by atoms with E-state index in [9.17, 15) is 0 Å². The average molecular weight is 217 g/mol. The van der Waals surface area contributed by atoms with Gasteiger partial charge in [0.25, 0.3) is 0 Å². The molecule has 2 aromatic rings. The monoisotopic (exact) mass is 217 g/mol. The number of fused-ring (bicyclic) bond motifs is 1.